The van der Waals surface area contributed by atoms with Gasteiger partial charge in [-0.15, -0.1) is 5.10 Å². The molecule has 0 aliphatic heterocycles. The van der Waals surface area contributed by atoms with Crippen LogP contribution < -0.4 is 15.6 Å². The Morgan fingerprint density at radius 2 is 1.83 bits per heavy atom. The lowest BCUT2D eigenvalue weighted by Crippen LogP contribution is -2.24. The normalized spacial score (nSPS) is 11.2. The van der Waals surface area contributed by atoms with E-state index in [0.717, 1.165) is 11.1 Å². The van der Waals surface area contributed by atoms with Crippen molar-refractivity contribution in [2.24, 2.45) is 0 Å². The number of ether oxygens (including phenoxy) is 1. The van der Waals surface area contributed by atoms with Crippen LogP contribution in [0.4, 0.5) is 5.69 Å². The second-order valence-electron chi connectivity index (χ2n) is 8.03. The minimum absolute atomic E-state index is 0.0525. The van der Waals surface area contributed by atoms with Crippen molar-refractivity contribution >= 4 is 39.9 Å². The van der Waals surface area contributed by atoms with Crippen LogP contribution in [0, 0.1) is 6.92 Å². The van der Waals surface area contributed by atoms with Crippen LogP contribution in [0.25, 0.3) is 16.7 Å². The second kappa shape index (κ2) is 9.23. The maximum atomic E-state index is 13.5. The molecule has 0 radical (unpaired) electrons. The van der Waals surface area contributed by atoms with Crippen molar-refractivity contribution in [1.29, 1.82) is 0 Å². The first-order valence-corrected chi connectivity index (χ1v) is 11.5. The van der Waals surface area contributed by atoms with Crippen LogP contribution in [0.1, 0.15) is 28.7 Å². The maximum Gasteiger partial charge on any atom is 0.296 e. The molecule has 0 unspecified atom stereocenters. The number of halogens is 1. The molecule has 0 spiro atoms. The van der Waals surface area contributed by atoms with E-state index in [4.69, 9.17) is 16.3 Å². The third-order valence-corrected chi connectivity index (χ3v) is 5.99. The summed E-state index contributed by atoms with van der Waals surface area (Å²) in [5.74, 6) is -0.126. The summed E-state index contributed by atoms with van der Waals surface area (Å²) in [6.45, 7) is 4.52. The summed E-state index contributed by atoms with van der Waals surface area (Å²) in [6, 6.07) is 20.2. The number of hydrogen-bond donors (Lipinski definition) is 1. The molecule has 3 aromatic carbocycles. The van der Waals surface area contributed by atoms with Crippen molar-refractivity contribution in [1.82, 2.24) is 19.2 Å². The molecule has 0 saturated heterocycles. The minimum atomic E-state index is -0.543. The zero-order valence-electron chi connectivity index (χ0n) is 19.2. The van der Waals surface area contributed by atoms with Crippen LogP contribution in [0.5, 0.6) is 5.75 Å². The molecule has 8 nitrogen and oxygen atoms in total. The van der Waals surface area contributed by atoms with Crippen molar-refractivity contribution in [3.63, 3.8) is 0 Å². The lowest BCUT2D eigenvalue weighted by atomic mass is 10.2. The Bertz CT molecular complexity index is 1640. The predicted octanol–water partition coefficient (Wildman–Crippen LogP) is 4.71. The Morgan fingerprint density at radius 1 is 1.06 bits per heavy atom. The van der Waals surface area contributed by atoms with E-state index in [1.54, 1.807) is 28.8 Å². The highest BCUT2D eigenvalue weighted by Gasteiger charge is 2.20. The van der Waals surface area contributed by atoms with Gasteiger partial charge in [0.1, 0.15) is 5.75 Å². The Hall–Kier alpha value is -4.17. The molecule has 0 aliphatic carbocycles. The van der Waals surface area contributed by atoms with Crippen molar-refractivity contribution in [3.05, 3.63) is 99.1 Å². The first kappa shape index (κ1) is 22.6. The molecule has 0 saturated carbocycles. The Balaban J connectivity index is 1.63. The fraction of sp³-hybridized carbons (Fsp3) is 0.154. The fourth-order valence-corrected chi connectivity index (χ4v) is 4.15. The second-order valence-corrected chi connectivity index (χ2v) is 8.44. The standard InChI is InChI=1S/C26H22ClN5O3/c1-3-35-22-11-7-6-10-19(22)28-25(33)23-29-24-26(34)31(15-17-8-4-5-9-18(17)27)21-14-16(2)12-13-20(21)32(24)30-23/h4-14H,3,15H2,1-2H3,(H,28,33). The van der Waals surface area contributed by atoms with Gasteiger partial charge in [0.15, 0.2) is 0 Å². The quantitative estimate of drug-likeness (QED) is 0.374. The number of aryl methyl sites for hydroxylation is 1. The fourth-order valence-electron chi connectivity index (χ4n) is 3.96. The zero-order chi connectivity index (χ0) is 24.5. The number of hydrogen-bond acceptors (Lipinski definition) is 5. The van der Waals surface area contributed by atoms with Gasteiger partial charge in [-0.05, 0) is 55.3 Å². The highest BCUT2D eigenvalue weighted by molar-refractivity contribution is 6.31. The highest BCUT2D eigenvalue weighted by atomic mass is 35.5. The van der Waals surface area contributed by atoms with Crippen LogP contribution in [-0.4, -0.2) is 31.7 Å². The molecule has 1 N–H and O–H groups in total. The van der Waals surface area contributed by atoms with Crippen LogP contribution >= 0.6 is 11.6 Å². The van der Waals surface area contributed by atoms with Gasteiger partial charge >= 0.3 is 0 Å². The number of para-hydroxylation sites is 2. The number of rotatable bonds is 6. The molecule has 0 bridgehead atoms. The zero-order valence-corrected chi connectivity index (χ0v) is 19.9. The molecule has 176 valence electrons. The van der Waals surface area contributed by atoms with Crippen molar-refractivity contribution in [2.75, 3.05) is 11.9 Å². The largest absolute Gasteiger partial charge is 0.492 e. The lowest BCUT2D eigenvalue weighted by molar-refractivity contribution is 0.101. The molecule has 2 heterocycles. The summed E-state index contributed by atoms with van der Waals surface area (Å²) in [4.78, 5) is 30.9. The van der Waals surface area contributed by atoms with Gasteiger partial charge in [-0.3, -0.25) is 14.2 Å². The SMILES string of the molecule is CCOc1ccccc1NC(=O)c1nc2c(=O)n(Cc3ccccc3Cl)c3cc(C)ccc3n2n1. The summed E-state index contributed by atoms with van der Waals surface area (Å²) >= 11 is 6.37. The van der Waals surface area contributed by atoms with E-state index >= 15 is 0 Å². The molecule has 5 rings (SSSR count). The van der Waals surface area contributed by atoms with Gasteiger partial charge in [0.25, 0.3) is 11.5 Å². The number of nitrogens with zero attached hydrogens (tertiary/aromatic N) is 4. The van der Waals surface area contributed by atoms with Gasteiger partial charge in [0.2, 0.25) is 11.5 Å². The van der Waals surface area contributed by atoms with Crippen molar-refractivity contribution in [2.45, 2.75) is 20.4 Å². The maximum absolute atomic E-state index is 13.5. The Labute approximate surface area is 205 Å². The average molecular weight is 488 g/mol. The summed E-state index contributed by atoms with van der Waals surface area (Å²) in [6.07, 6.45) is 0. The Kier molecular flexibility index (Phi) is 5.96. The molecule has 0 aliphatic rings. The van der Waals surface area contributed by atoms with Gasteiger partial charge in [0, 0.05) is 5.02 Å². The highest BCUT2D eigenvalue weighted by Crippen LogP contribution is 2.24. The van der Waals surface area contributed by atoms with E-state index in [2.05, 4.69) is 15.4 Å². The summed E-state index contributed by atoms with van der Waals surface area (Å²) in [7, 11) is 0. The van der Waals surface area contributed by atoms with Gasteiger partial charge in [-0.2, -0.15) is 4.98 Å². The van der Waals surface area contributed by atoms with E-state index in [0.29, 0.717) is 34.1 Å². The average Bonchev–Trinajstić information content (AvgIpc) is 3.30. The van der Waals surface area contributed by atoms with Crippen LogP contribution in [0.3, 0.4) is 0 Å². The number of aromatic nitrogens is 4. The van der Waals surface area contributed by atoms with Crippen LogP contribution in [0.15, 0.2) is 71.5 Å². The minimum Gasteiger partial charge on any atom is -0.492 e. The van der Waals surface area contributed by atoms with Gasteiger partial charge < -0.3 is 10.1 Å². The summed E-state index contributed by atoms with van der Waals surface area (Å²) in [5, 5.41) is 7.73. The van der Waals surface area contributed by atoms with E-state index in [1.807, 2.05) is 56.3 Å². The molecule has 2 aromatic heterocycles. The molecule has 1 amide bonds. The van der Waals surface area contributed by atoms with Crippen LogP contribution in [-0.2, 0) is 6.54 Å². The molecular formula is C26H22ClN5O3. The molecule has 35 heavy (non-hydrogen) atoms. The molecular weight excluding hydrogens is 466 g/mol. The van der Waals surface area contributed by atoms with E-state index in [1.165, 1.54) is 4.52 Å². The van der Waals surface area contributed by atoms with E-state index in [9.17, 15) is 9.59 Å². The number of carbonyl (C=O) groups excluding carboxylic acids is 1. The van der Waals surface area contributed by atoms with Crippen molar-refractivity contribution in [3.8, 4) is 5.75 Å². The predicted molar refractivity (Wildman–Crippen MR) is 136 cm³/mol. The number of carbonyl (C=O) groups is 1. The first-order chi connectivity index (χ1) is 17.0. The van der Waals surface area contributed by atoms with Gasteiger partial charge in [-0.25, -0.2) is 4.52 Å². The monoisotopic (exact) mass is 487 g/mol. The number of anilines is 1. The molecule has 0 atom stereocenters. The van der Waals surface area contributed by atoms with E-state index in [-0.39, 0.29) is 23.6 Å². The van der Waals surface area contributed by atoms with E-state index < -0.39 is 5.91 Å². The lowest BCUT2D eigenvalue weighted by Gasteiger charge is -2.13. The smallest absolute Gasteiger partial charge is 0.296 e. The van der Waals surface area contributed by atoms with Gasteiger partial charge in [-0.1, -0.05) is 48.0 Å². The number of amides is 1. The number of nitrogens with one attached hydrogen (secondary N) is 1. The van der Waals surface area contributed by atoms with Crippen LogP contribution in [0.2, 0.25) is 5.02 Å². The first-order valence-electron chi connectivity index (χ1n) is 11.1. The van der Waals surface area contributed by atoms with Gasteiger partial charge in [0.05, 0.1) is 29.9 Å². The summed E-state index contributed by atoms with van der Waals surface area (Å²) in [5.41, 5.74) is 3.28. The molecule has 9 heteroatoms. The molecule has 0 fully saturated rings. The molecule has 5 aromatic rings. The summed E-state index contributed by atoms with van der Waals surface area (Å²) < 4.78 is 8.61. The third-order valence-electron chi connectivity index (χ3n) is 5.62. The third kappa shape index (κ3) is 4.24. The number of benzene rings is 3. The van der Waals surface area contributed by atoms with Crippen molar-refractivity contribution < 1.29 is 9.53 Å². The Morgan fingerprint density at radius 3 is 2.63 bits per heavy atom. The number of fused-ring (bicyclic) bond motifs is 3. The topological polar surface area (TPSA) is 90.5 Å².